The Morgan fingerprint density at radius 2 is 1.17 bits per heavy atom. The lowest BCUT2D eigenvalue weighted by atomic mass is 9.80. The van der Waals surface area contributed by atoms with Gasteiger partial charge in [0.2, 0.25) is 0 Å². The molecule has 2 aliphatic heterocycles. The molecule has 12 nitrogen and oxygen atoms in total. The fraction of sp³-hybridized carbons (Fsp3) is 0.882. The lowest BCUT2D eigenvalue weighted by Gasteiger charge is -2.53. The molecule has 6 atom stereocenters. The first-order valence-corrected chi connectivity index (χ1v) is 9.38. The van der Waals surface area contributed by atoms with Crippen molar-refractivity contribution in [3.05, 3.63) is 0 Å². The number of carbonyl (C=O) groups is 2. The van der Waals surface area contributed by atoms with Crippen LogP contribution in [0.5, 0.6) is 0 Å². The molecule has 0 radical (unpaired) electrons. The maximum Gasteiger partial charge on any atom is 0.354 e. The van der Waals surface area contributed by atoms with Crippen molar-refractivity contribution in [3.63, 3.8) is 0 Å². The fourth-order valence-corrected chi connectivity index (χ4v) is 3.04. The van der Waals surface area contributed by atoms with Crippen molar-refractivity contribution in [2.75, 3.05) is 0 Å². The zero-order valence-corrected chi connectivity index (χ0v) is 17.4. The van der Waals surface area contributed by atoms with E-state index in [1.807, 2.05) is 0 Å². The Balaban J connectivity index is 2.61. The van der Waals surface area contributed by atoms with Gasteiger partial charge in [0.25, 0.3) is 0 Å². The molecule has 168 valence electrons. The standard InChI is InChI=1S/C17H32N4O8/c1-7-16(6)17(18-12(26)14(2,3)8(22)10(24)28-20-16)19-13(27)15(4,5)9(23)11(25)29-21-17/h8-9,12-13,18-23,26-27H,7H2,1-6H3/t8?,9-,12?,13?,16?,17+/m0/s1. The maximum absolute atomic E-state index is 12.3. The van der Waals surface area contributed by atoms with Crippen LogP contribution in [0.25, 0.3) is 0 Å². The summed E-state index contributed by atoms with van der Waals surface area (Å²) in [4.78, 5) is 34.6. The Kier molecular flexibility index (Phi) is 6.35. The van der Waals surface area contributed by atoms with E-state index in [1.165, 1.54) is 27.7 Å². The second kappa shape index (κ2) is 7.71. The van der Waals surface area contributed by atoms with Crippen LogP contribution in [0.15, 0.2) is 0 Å². The summed E-state index contributed by atoms with van der Waals surface area (Å²) >= 11 is 0. The van der Waals surface area contributed by atoms with E-state index in [1.54, 1.807) is 13.8 Å². The molecule has 2 heterocycles. The molecule has 12 heteroatoms. The number of nitrogens with one attached hydrogen (secondary N) is 4. The Morgan fingerprint density at radius 1 is 0.793 bits per heavy atom. The predicted molar refractivity (Wildman–Crippen MR) is 97.7 cm³/mol. The number of aliphatic hydroxyl groups excluding tert-OH is 4. The molecule has 2 aliphatic rings. The van der Waals surface area contributed by atoms with Gasteiger partial charge in [0.15, 0.2) is 18.0 Å². The lowest BCUT2D eigenvalue weighted by molar-refractivity contribution is -0.218. The second-order valence-corrected chi connectivity index (χ2v) is 9.02. The van der Waals surface area contributed by atoms with Gasteiger partial charge in [-0.1, -0.05) is 34.6 Å². The topological polar surface area (TPSA) is 182 Å². The van der Waals surface area contributed by atoms with Crippen molar-refractivity contribution >= 4 is 11.9 Å². The van der Waals surface area contributed by atoms with Crippen molar-refractivity contribution in [2.24, 2.45) is 10.8 Å². The minimum Gasteiger partial charge on any atom is -0.381 e. The minimum absolute atomic E-state index is 0.212. The Hall–Kier alpha value is -1.38. The third-order valence-electron chi connectivity index (χ3n) is 6.19. The molecule has 29 heavy (non-hydrogen) atoms. The van der Waals surface area contributed by atoms with E-state index in [0.717, 1.165) is 0 Å². The highest BCUT2D eigenvalue weighted by Crippen LogP contribution is 2.35. The molecule has 0 amide bonds. The van der Waals surface area contributed by atoms with Crippen LogP contribution in [0, 0.1) is 10.8 Å². The van der Waals surface area contributed by atoms with Crippen molar-refractivity contribution in [3.8, 4) is 0 Å². The Labute approximate surface area is 168 Å². The zero-order chi connectivity index (χ0) is 22.4. The van der Waals surface area contributed by atoms with Gasteiger partial charge in [-0.3, -0.25) is 10.6 Å². The summed E-state index contributed by atoms with van der Waals surface area (Å²) in [5.74, 6) is -3.89. The SMILES string of the molecule is CCC1(C)NOC(=O)C(O)C(C)(C)C(O)N[C@]12NOC(=O)[C@H](O)C(C)(C)C(O)N2. The summed E-state index contributed by atoms with van der Waals surface area (Å²) < 4.78 is 0. The number of hydroxylamine groups is 2. The zero-order valence-electron chi connectivity index (χ0n) is 17.4. The van der Waals surface area contributed by atoms with Crippen molar-refractivity contribution in [1.82, 2.24) is 21.6 Å². The minimum atomic E-state index is -1.81. The summed E-state index contributed by atoms with van der Waals surface area (Å²) in [6.07, 6.45) is -6.19. The van der Waals surface area contributed by atoms with Crippen LogP contribution in [0.4, 0.5) is 0 Å². The van der Waals surface area contributed by atoms with Crippen molar-refractivity contribution in [1.29, 1.82) is 0 Å². The van der Waals surface area contributed by atoms with Gasteiger partial charge in [-0.2, -0.15) is 0 Å². The molecule has 0 aromatic rings. The Morgan fingerprint density at radius 3 is 1.55 bits per heavy atom. The van der Waals surface area contributed by atoms with Crippen LogP contribution in [0.1, 0.15) is 48.0 Å². The van der Waals surface area contributed by atoms with Crippen LogP contribution >= 0.6 is 0 Å². The van der Waals surface area contributed by atoms with E-state index >= 15 is 0 Å². The van der Waals surface area contributed by atoms with Gasteiger partial charge < -0.3 is 30.1 Å². The lowest BCUT2D eigenvalue weighted by Crippen LogP contribution is -2.85. The molecule has 2 saturated heterocycles. The van der Waals surface area contributed by atoms with E-state index < -0.39 is 58.8 Å². The van der Waals surface area contributed by atoms with Crippen LogP contribution in [-0.2, 0) is 19.3 Å². The number of aliphatic hydroxyl groups is 4. The highest BCUT2D eigenvalue weighted by atomic mass is 16.7. The molecule has 2 fully saturated rings. The number of hydrogen-bond acceptors (Lipinski definition) is 12. The molecule has 4 unspecified atom stereocenters. The van der Waals surface area contributed by atoms with Crippen molar-refractivity contribution in [2.45, 2.75) is 84.0 Å². The van der Waals surface area contributed by atoms with Crippen LogP contribution in [-0.4, -0.2) is 68.4 Å². The van der Waals surface area contributed by atoms with Gasteiger partial charge in [0.05, 0.1) is 5.54 Å². The van der Waals surface area contributed by atoms with E-state index in [9.17, 15) is 30.0 Å². The average Bonchev–Trinajstić information content (AvgIpc) is 2.68. The van der Waals surface area contributed by atoms with Gasteiger partial charge in [-0.05, 0) is 13.3 Å². The molecule has 0 bridgehead atoms. The van der Waals surface area contributed by atoms with Gasteiger partial charge in [-0.25, -0.2) is 9.59 Å². The summed E-state index contributed by atoms with van der Waals surface area (Å²) in [6, 6.07) is 0. The Bertz CT molecular complexity index is 659. The van der Waals surface area contributed by atoms with E-state index in [0.29, 0.717) is 0 Å². The van der Waals surface area contributed by atoms with Gasteiger partial charge in [0, 0.05) is 10.8 Å². The molecular weight excluding hydrogens is 388 g/mol. The van der Waals surface area contributed by atoms with Gasteiger partial charge >= 0.3 is 11.9 Å². The normalized spacial score (nSPS) is 43.2. The smallest absolute Gasteiger partial charge is 0.354 e. The third kappa shape index (κ3) is 3.86. The molecule has 0 aliphatic carbocycles. The van der Waals surface area contributed by atoms with E-state index in [2.05, 4.69) is 21.6 Å². The first kappa shape index (κ1) is 23.9. The molecular formula is C17H32N4O8. The quantitative estimate of drug-likeness (QED) is 0.224. The summed E-state index contributed by atoms with van der Waals surface area (Å²) in [5.41, 5.74) is 0.790. The van der Waals surface area contributed by atoms with Crippen LogP contribution in [0.3, 0.4) is 0 Å². The predicted octanol–water partition coefficient (Wildman–Crippen LogP) is -2.48. The molecule has 8 N–H and O–H groups in total. The summed E-state index contributed by atoms with van der Waals surface area (Å²) in [6.45, 7) is 9.04. The van der Waals surface area contributed by atoms with Gasteiger partial charge in [-0.15, -0.1) is 11.0 Å². The highest BCUT2D eigenvalue weighted by molar-refractivity contribution is 5.76. The molecule has 0 aromatic heterocycles. The number of hydrogen-bond donors (Lipinski definition) is 8. The number of rotatable bonds is 1. The molecule has 2 rings (SSSR count). The largest absolute Gasteiger partial charge is 0.381 e. The average molecular weight is 420 g/mol. The highest BCUT2D eigenvalue weighted by Gasteiger charge is 2.59. The monoisotopic (exact) mass is 420 g/mol. The van der Waals surface area contributed by atoms with Gasteiger partial charge in [0.1, 0.15) is 12.5 Å². The van der Waals surface area contributed by atoms with Crippen LogP contribution < -0.4 is 21.6 Å². The summed E-state index contributed by atoms with van der Waals surface area (Å²) in [7, 11) is 0. The molecule has 0 aromatic carbocycles. The molecule has 1 spiro atoms. The number of carbonyl (C=O) groups excluding carboxylic acids is 2. The third-order valence-corrected chi connectivity index (χ3v) is 6.19. The van der Waals surface area contributed by atoms with Crippen molar-refractivity contribution < 1.29 is 39.7 Å². The van der Waals surface area contributed by atoms with Crippen LogP contribution in [0.2, 0.25) is 0 Å². The second-order valence-electron chi connectivity index (χ2n) is 9.02. The first-order chi connectivity index (χ1) is 13.1. The molecule has 0 saturated carbocycles. The fourth-order valence-electron chi connectivity index (χ4n) is 3.04. The van der Waals surface area contributed by atoms with E-state index in [-0.39, 0.29) is 6.42 Å². The maximum atomic E-state index is 12.3. The first-order valence-electron chi connectivity index (χ1n) is 9.38. The van der Waals surface area contributed by atoms with E-state index in [4.69, 9.17) is 9.68 Å². The summed E-state index contributed by atoms with van der Waals surface area (Å²) in [5, 5.41) is 47.8.